The quantitative estimate of drug-likeness (QED) is 0.652. The highest BCUT2D eigenvalue weighted by atomic mass is 32.2. The van der Waals surface area contributed by atoms with Gasteiger partial charge in [0.1, 0.15) is 0 Å². The Balaban J connectivity index is 2.91. The van der Waals surface area contributed by atoms with Crippen LogP contribution in [0.1, 0.15) is 19.4 Å². The number of benzene rings is 1. The summed E-state index contributed by atoms with van der Waals surface area (Å²) in [5, 5.41) is 9.18. The molecule has 0 bridgehead atoms. The number of rotatable bonds is 3. The lowest BCUT2D eigenvalue weighted by Crippen LogP contribution is -2.15. The van der Waals surface area contributed by atoms with E-state index < -0.39 is 17.8 Å². The molecule has 1 aromatic rings. The molecule has 0 radical (unpaired) electrons. The van der Waals surface area contributed by atoms with Crippen molar-refractivity contribution in [1.82, 2.24) is 0 Å². The van der Waals surface area contributed by atoms with E-state index in [-0.39, 0.29) is 10.9 Å². The maximum atomic E-state index is 12.4. The zero-order valence-corrected chi connectivity index (χ0v) is 10.3. The largest absolute Gasteiger partial charge is 0.416 e. The molecule has 1 rings (SSSR count). The summed E-state index contributed by atoms with van der Waals surface area (Å²) < 4.78 is 37.2. The molecule has 0 aliphatic heterocycles. The Labute approximate surface area is 102 Å². The predicted octanol–water partition coefficient (Wildman–Crippen LogP) is 3.15. The second-order valence-corrected chi connectivity index (χ2v) is 5.23. The van der Waals surface area contributed by atoms with Crippen LogP contribution in [0.3, 0.4) is 0 Å². The van der Waals surface area contributed by atoms with Crippen molar-refractivity contribution < 1.29 is 18.3 Å². The van der Waals surface area contributed by atoms with Crippen molar-refractivity contribution in [3.8, 4) is 0 Å². The Morgan fingerprint density at radius 3 is 2.29 bits per heavy atom. The number of nitrogen functional groups attached to an aromatic ring is 1. The normalized spacial score (nSPS) is 15.6. The van der Waals surface area contributed by atoms with E-state index >= 15 is 0 Å². The standard InChI is InChI=1S/C11H14F3NOS/c1-6(16)7(2)17-10-4-3-8(5-9(10)15)11(12,13)14/h3-7,16H,15H2,1-2H3. The second kappa shape index (κ2) is 5.18. The number of aliphatic hydroxyl groups is 1. The minimum absolute atomic E-state index is 0.0809. The van der Waals surface area contributed by atoms with Crippen LogP contribution in [0.4, 0.5) is 18.9 Å². The maximum absolute atomic E-state index is 12.4. The number of thioether (sulfide) groups is 1. The van der Waals surface area contributed by atoms with Gasteiger partial charge in [0.25, 0.3) is 0 Å². The molecule has 0 fully saturated rings. The van der Waals surface area contributed by atoms with Crippen LogP contribution in [0.15, 0.2) is 23.1 Å². The molecule has 2 nitrogen and oxygen atoms in total. The molecule has 2 atom stereocenters. The first-order chi connectivity index (χ1) is 7.71. The zero-order valence-electron chi connectivity index (χ0n) is 9.45. The van der Waals surface area contributed by atoms with Crippen LogP contribution >= 0.6 is 11.8 Å². The summed E-state index contributed by atoms with van der Waals surface area (Å²) in [6, 6.07) is 3.24. The number of halogens is 3. The first-order valence-electron chi connectivity index (χ1n) is 5.03. The second-order valence-electron chi connectivity index (χ2n) is 3.81. The smallest absolute Gasteiger partial charge is 0.398 e. The molecule has 0 heterocycles. The molecule has 17 heavy (non-hydrogen) atoms. The Morgan fingerprint density at radius 2 is 1.88 bits per heavy atom. The highest BCUT2D eigenvalue weighted by Crippen LogP contribution is 2.35. The molecule has 3 N–H and O–H groups in total. The van der Waals surface area contributed by atoms with Crippen molar-refractivity contribution in [3.05, 3.63) is 23.8 Å². The number of nitrogens with two attached hydrogens (primary N) is 1. The summed E-state index contributed by atoms with van der Waals surface area (Å²) in [5.41, 5.74) is 4.88. The molecule has 0 aliphatic rings. The van der Waals surface area contributed by atoms with E-state index in [0.717, 1.165) is 12.1 Å². The van der Waals surface area contributed by atoms with Crippen molar-refractivity contribution in [2.45, 2.75) is 36.3 Å². The van der Waals surface area contributed by atoms with Crippen molar-refractivity contribution in [2.24, 2.45) is 0 Å². The molecule has 0 spiro atoms. The zero-order chi connectivity index (χ0) is 13.2. The fourth-order valence-electron chi connectivity index (χ4n) is 1.13. The van der Waals surface area contributed by atoms with E-state index in [1.807, 2.05) is 0 Å². The van der Waals surface area contributed by atoms with E-state index in [0.29, 0.717) is 4.90 Å². The van der Waals surface area contributed by atoms with Crippen LogP contribution in [-0.4, -0.2) is 16.5 Å². The molecule has 0 saturated heterocycles. The minimum Gasteiger partial charge on any atom is -0.398 e. The lowest BCUT2D eigenvalue weighted by Gasteiger charge is -2.16. The maximum Gasteiger partial charge on any atom is 0.416 e. The minimum atomic E-state index is -4.38. The van der Waals surface area contributed by atoms with Gasteiger partial charge in [-0.2, -0.15) is 13.2 Å². The number of hydrogen-bond acceptors (Lipinski definition) is 3. The summed E-state index contributed by atoms with van der Waals surface area (Å²) in [4.78, 5) is 0.548. The third-order valence-electron chi connectivity index (χ3n) is 2.33. The predicted molar refractivity (Wildman–Crippen MR) is 62.9 cm³/mol. The highest BCUT2D eigenvalue weighted by Gasteiger charge is 2.30. The van der Waals surface area contributed by atoms with Gasteiger partial charge in [-0.05, 0) is 25.1 Å². The summed E-state index contributed by atoms with van der Waals surface area (Å²) in [6.45, 7) is 3.41. The van der Waals surface area contributed by atoms with Crippen molar-refractivity contribution in [3.63, 3.8) is 0 Å². The summed E-state index contributed by atoms with van der Waals surface area (Å²) in [6.07, 6.45) is -4.94. The number of aliphatic hydroxyl groups excluding tert-OH is 1. The fraction of sp³-hybridized carbons (Fsp3) is 0.455. The lowest BCUT2D eigenvalue weighted by molar-refractivity contribution is -0.137. The Kier molecular flexibility index (Phi) is 4.32. The first-order valence-corrected chi connectivity index (χ1v) is 5.91. The van der Waals surface area contributed by atoms with Crippen molar-refractivity contribution in [2.75, 3.05) is 5.73 Å². The monoisotopic (exact) mass is 265 g/mol. The molecular formula is C11H14F3NOS. The Hall–Kier alpha value is -0.880. The number of hydrogen-bond donors (Lipinski definition) is 2. The van der Waals surface area contributed by atoms with Gasteiger partial charge in [-0.1, -0.05) is 6.92 Å². The van der Waals surface area contributed by atoms with E-state index in [2.05, 4.69) is 0 Å². The molecular weight excluding hydrogens is 251 g/mol. The molecule has 0 amide bonds. The van der Waals surface area contributed by atoms with E-state index in [4.69, 9.17) is 5.73 Å². The first kappa shape index (κ1) is 14.2. The van der Waals surface area contributed by atoms with Gasteiger partial charge >= 0.3 is 6.18 Å². The van der Waals surface area contributed by atoms with Crippen LogP contribution in [0, 0.1) is 0 Å². The van der Waals surface area contributed by atoms with E-state index in [1.54, 1.807) is 13.8 Å². The Bertz CT molecular complexity index is 393. The molecule has 0 saturated carbocycles. The average molecular weight is 265 g/mol. The van der Waals surface area contributed by atoms with Gasteiger partial charge in [-0.3, -0.25) is 0 Å². The fourth-order valence-corrected chi connectivity index (χ4v) is 2.07. The van der Waals surface area contributed by atoms with E-state index in [1.165, 1.54) is 17.8 Å². The van der Waals surface area contributed by atoms with Crippen LogP contribution in [0.25, 0.3) is 0 Å². The van der Waals surface area contributed by atoms with Gasteiger partial charge in [-0.25, -0.2) is 0 Å². The van der Waals surface area contributed by atoms with E-state index in [9.17, 15) is 18.3 Å². The van der Waals surface area contributed by atoms with Gasteiger partial charge < -0.3 is 10.8 Å². The topological polar surface area (TPSA) is 46.2 Å². The van der Waals surface area contributed by atoms with Gasteiger partial charge in [0.15, 0.2) is 0 Å². The van der Waals surface area contributed by atoms with Crippen LogP contribution < -0.4 is 5.73 Å². The molecule has 96 valence electrons. The molecule has 1 aromatic carbocycles. The lowest BCUT2D eigenvalue weighted by atomic mass is 10.2. The number of anilines is 1. The molecule has 2 unspecified atom stereocenters. The van der Waals surface area contributed by atoms with Crippen LogP contribution in [-0.2, 0) is 6.18 Å². The molecule has 0 aliphatic carbocycles. The highest BCUT2D eigenvalue weighted by molar-refractivity contribution is 8.00. The molecule has 0 aromatic heterocycles. The van der Waals surface area contributed by atoms with Gasteiger partial charge in [0, 0.05) is 15.8 Å². The van der Waals surface area contributed by atoms with Crippen LogP contribution in [0.5, 0.6) is 0 Å². The van der Waals surface area contributed by atoms with Gasteiger partial charge in [-0.15, -0.1) is 11.8 Å². The number of alkyl halides is 3. The average Bonchev–Trinajstić information content (AvgIpc) is 2.19. The summed E-state index contributed by atoms with van der Waals surface area (Å²) in [7, 11) is 0. The van der Waals surface area contributed by atoms with Crippen LogP contribution in [0.2, 0.25) is 0 Å². The molecule has 6 heteroatoms. The summed E-state index contributed by atoms with van der Waals surface area (Å²) in [5.74, 6) is 0. The van der Waals surface area contributed by atoms with Crippen molar-refractivity contribution >= 4 is 17.4 Å². The Morgan fingerprint density at radius 1 is 1.29 bits per heavy atom. The third kappa shape index (κ3) is 3.81. The van der Waals surface area contributed by atoms with Gasteiger partial charge in [0.2, 0.25) is 0 Å². The van der Waals surface area contributed by atoms with Crippen molar-refractivity contribution in [1.29, 1.82) is 0 Å². The summed E-state index contributed by atoms with van der Waals surface area (Å²) >= 11 is 1.26. The SMILES string of the molecule is CC(O)C(C)Sc1ccc(C(F)(F)F)cc1N. The van der Waals surface area contributed by atoms with Gasteiger partial charge in [0.05, 0.1) is 11.7 Å². The third-order valence-corrected chi connectivity index (χ3v) is 3.72.